The number of hydrogen-bond acceptors (Lipinski definition) is 8. The molecule has 0 radical (unpaired) electrons. The van der Waals surface area contributed by atoms with E-state index in [-0.39, 0.29) is 19.0 Å². The molecule has 132 valence electrons. The van der Waals surface area contributed by atoms with Crippen molar-refractivity contribution in [1.29, 1.82) is 0 Å². The summed E-state index contributed by atoms with van der Waals surface area (Å²) in [5.74, 6) is -0.0475. The standard InChI is InChI=1S/C12H20ClN3O7/c1-2-4-15(12(21)16(14-22)5-3-13)11-10(20)9(19)8(18)7(6-17)23-11/h2,7-11,17-20H,1,3-6H2/t7-,8+,9+,10-,11-/m1/s1. The molecule has 0 aliphatic carbocycles. The molecule has 0 spiro atoms. The van der Waals surface area contributed by atoms with Crippen molar-refractivity contribution in [2.45, 2.75) is 30.6 Å². The lowest BCUT2D eigenvalue weighted by Gasteiger charge is -2.44. The van der Waals surface area contributed by atoms with Crippen molar-refractivity contribution in [2.75, 3.05) is 25.6 Å². The molecule has 1 rings (SSSR count). The summed E-state index contributed by atoms with van der Waals surface area (Å²) in [5, 5.41) is 41.8. The van der Waals surface area contributed by atoms with Crippen LogP contribution < -0.4 is 0 Å². The van der Waals surface area contributed by atoms with Crippen molar-refractivity contribution in [3.05, 3.63) is 17.6 Å². The van der Waals surface area contributed by atoms with Gasteiger partial charge in [0.05, 0.1) is 18.4 Å². The summed E-state index contributed by atoms with van der Waals surface area (Å²) >= 11 is 5.49. The van der Waals surface area contributed by atoms with Gasteiger partial charge in [0.15, 0.2) is 6.23 Å². The summed E-state index contributed by atoms with van der Waals surface area (Å²) in [6, 6.07) is -0.926. The second kappa shape index (κ2) is 9.11. The molecule has 0 aromatic heterocycles. The molecule has 11 heteroatoms. The van der Waals surface area contributed by atoms with Crippen molar-refractivity contribution in [1.82, 2.24) is 9.91 Å². The molecule has 23 heavy (non-hydrogen) atoms. The van der Waals surface area contributed by atoms with Crippen LogP contribution in [0, 0.1) is 4.91 Å². The fourth-order valence-corrected chi connectivity index (χ4v) is 2.33. The van der Waals surface area contributed by atoms with Crippen molar-refractivity contribution < 1.29 is 30.0 Å². The molecule has 5 atom stereocenters. The van der Waals surface area contributed by atoms with Gasteiger partial charge in [-0.05, 0) is 0 Å². The summed E-state index contributed by atoms with van der Waals surface area (Å²) < 4.78 is 5.28. The van der Waals surface area contributed by atoms with E-state index in [1.54, 1.807) is 0 Å². The highest BCUT2D eigenvalue weighted by molar-refractivity contribution is 6.18. The molecule has 0 bridgehead atoms. The Kier molecular flexibility index (Phi) is 7.82. The smallest absolute Gasteiger partial charge is 0.345 e. The highest BCUT2D eigenvalue weighted by atomic mass is 35.5. The molecule has 0 saturated carbocycles. The monoisotopic (exact) mass is 353 g/mol. The lowest BCUT2D eigenvalue weighted by molar-refractivity contribution is -0.257. The van der Waals surface area contributed by atoms with Gasteiger partial charge in [-0.2, -0.15) is 5.01 Å². The summed E-state index contributed by atoms with van der Waals surface area (Å²) in [5.41, 5.74) is 0. The number of carbonyl (C=O) groups excluding carboxylic acids is 1. The average molecular weight is 354 g/mol. The van der Waals surface area contributed by atoms with Gasteiger partial charge in [0, 0.05) is 12.4 Å². The third-order valence-corrected chi connectivity index (χ3v) is 3.53. The molecule has 0 aromatic carbocycles. The molecular formula is C12H20ClN3O7. The number of halogens is 1. The normalized spacial score (nSPS) is 30.6. The van der Waals surface area contributed by atoms with Crippen LogP contribution in [0.2, 0.25) is 0 Å². The maximum absolute atomic E-state index is 12.3. The highest BCUT2D eigenvalue weighted by Crippen LogP contribution is 2.24. The minimum Gasteiger partial charge on any atom is -0.394 e. The number of amides is 2. The van der Waals surface area contributed by atoms with E-state index in [1.807, 2.05) is 0 Å². The molecule has 1 aliphatic rings. The first-order chi connectivity index (χ1) is 10.9. The predicted molar refractivity (Wildman–Crippen MR) is 79.3 cm³/mol. The largest absolute Gasteiger partial charge is 0.394 e. The van der Waals surface area contributed by atoms with Crippen LogP contribution in [0.4, 0.5) is 4.79 Å². The van der Waals surface area contributed by atoms with Gasteiger partial charge in [-0.3, -0.25) is 4.90 Å². The molecule has 1 aliphatic heterocycles. The Hall–Kier alpha value is -1.30. The maximum atomic E-state index is 12.3. The zero-order valence-electron chi connectivity index (χ0n) is 12.2. The number of urea groups is 1. The topological polar surface area (TPSA) is 143 Å². The van der Waals surface area contributed by atoms with Crippen LogP contribution in [0.1, 0.15) is 0 Å². The fourth-order valence-electron chi connectivity index (χ4n) is 2.17. The van der Waals surface area contributed by atoms with E-state index >= 15 is 0 Å². The van der Waals surface area contributed by atoms with Crippen LogP contribution in [0.25, 0.3) is 0 Å². The molecule has 1 saturated heterocycles. The number of alkyl halides is 1. The number of nitrogens with zero attached hydrogens (tertiary/aromatic N) is 3. The first-order valence-corrected chi connectivity index (χ1v) is 7.35. The number of nitroso groups, excluding NO2 is 1. The van der Waals surface area contributed by atoms with Crippen LogP contribution >= 0.6 is 11.6 Å². The van der Waals surface area contributed by atoms with Gasteiger partial charge in [0.1, 0.15) is 24.4 Å². The molecule has 2 amide bonds. The van der Waals surface area contributed by atoms with Crippen molar-refractivity contribution >= 4 is 17.6 Å². The van der Waals surface area contributed by atoms with Gasteiger partial charge < -0.3 is 25.2 Å². The molecule has 1 heterocycles. The number of rotatable bonds is 7. The zero-order chi connectivity index (χ0) is 17.6. The molecule has 0 aromatic rings. The zero-order valence-corrected chi connectivity index (χ0v) is 13.0. The lowest BCUT2D eigenvalue weighted by atomic mass is 9.98. The van der Waals surface area contributed by atoms with E-state index in [4.69, 9.17) is 16.3 Å². The van der Waals surface area contributed by atoms with E-state index in [9.17, 15) is 30.1 Å². The number of aliphatic hydroxyl groups is 4. The van der Waals surface area contributed by atoms with E-state index in [0.717, 1.165) is 4.90 Å². The number of carbonyl (C=O) groups is 1. The second-order valence-corrected chi connectivity index (χ2v) is 5.21. The third-order valence-electron chi connectivity index (χ3n) is 3.36. The summed E-state index contributed by atoms with van der Waals surface area (Å²) in [6.45, 7) is 2.50. The van der Waals surface area contributed by atoms with E-state index in [0.29, 0.717) is 5.01 Å². The van der Waals surface area contributed by atoms with Crippen LogP contribution in [0.3, 0.4) is 0 Å². The van der Waals surface area contributed by atoms with E-state index in [2.05, 4.69) is 11.9 Å². The van der Waals surface area contributed by atoms with Gasteiger partial charge in [-0.25, -0.2) is 4.79 Å². The molecule has 1 fully saturated rings. The highest BCUT2D eigenvalue weighted by Gasteiger charge is 2.47. The molecule has 10 nitrogen and oxygen atoms in total. The Morgan fingerprint density at radius 3 is 2.43 bits per heavy atom. The molecule has 4 N–H and O–H groups in total. The van der Waals surface area contributed by atoms with Crippen LogP contribution in [-0.4, -0.2) is 92.6 Å². The molecule has 0 unspecified atom stereocenters. The minimum absolute atomic E-state index is 0.0475. The van der Waals surface area contributed by atoms with Crippen LogP contribution in [-0.2, 0) is 4.74 Å². The Morgan fingerprint density at radius 1 is 1.30 bits per heavy atom. The summed E-state index contributed by atoms with van der Waals surface area (Å²) in [7, 11) is 0. The first kappa shape index (κ1) is 19.7. The number of aliphatic hydroxyl groups excluding tert-OH is 4. The van der Waals surface area contributed by atoms with Gasteiger partial charge in [-0.15, -0.1) is 23.1 Å². The maximum Gasteiger partial charge on any atom is 0.345 e. The summed E-state index contributed by atoms with van der Waals surface area (Å²) in [6.07, 6.45) is -6.18. The van der Waals surface area contributed by atoms with Crippen molar-refractivity contribution in [2.24, 2.45) is 5.29 Å². The molecular weight excluding hydrogens is 334 g/mol. The SMILES string of the molecule is C=CCN(C(=O)N(CCCl)N=O)[C@@H]1O[C@H](CO)[C@H](O)[C@H](O)[C@H]1O. The van der Waals surface area contributed by atoms with E-state index in [1.165, 1.54) is 6.08 Å². The Labute approximate surface area is 137 Å². The quantitative estimate of drug-likeness (QED) is 0.191. The Bertz CT molecular complexity index is 425. The van der Waals surface area contributed by atoms with Gasteiger partial charge >= 0.3 is 6.03 Å². The second-order valence-electron chi connectivity index (χ2n) is 4.84. The first-order valence-electron chi connectivity index (χ1n) is 6.81. The summed E-state index contributed by atoms with van der Waals surface area (Å²) in [4.78, 5) is 24.0. The Morgan fingerprint density at radius 2 is 1.96 bits per heavy atom. The van der Waals surface area contributed by atoms with Crippen molar-refractivity contribution in [3.8, 4) is 0 Å². The third kappa shape index (κ3) is 4.37. The van der Waals surface area contributed by atoms with E-state index < -0.39 is 43.3 Å². The number of ether oxygens (including phenoxy) is 1. The van der Waals surface area contributed by atoms with Crippen LogP contribution in [0.15, 0.2) is 17.9 Å². The number of hydrogen-bond donors (Lipinski definition) is 4. The Balaban J connectivity index is 3.04. The lowest BCUT2D eigenvalue weighted by Crippen LogP contribution is -2.65. The predicted octanol–water partition coefficient (Wildman–Crippen LogP) is -1.38. The van der Waals surface area contributed by atoms with Gasteiger partial charge in [0.2, 0.25) is 0 Å². The van der Waals surface area contributed by atoms with Crippen LogP contribution in [0.5, 0.6) is 0 Å². The fraction of sp³-hybridized carbons (Fsp3) is 0.750. The van der Waals surface area contributed by atoms with Gasteiger partial charge in [-0.1, -0.05) is 6.08 Å². The average Bonchev–Trinajstić information content (AvgIpc) is 2.55. The minimum atomic E-state index is -1.67. The van der Waals surface area contributed by atoms with Crippen molar-refractivity contribution in [3.63, 3.8) is 0 Å². The van der Waals surface area contributed by atoms with Gasteiger partial charge in [0.25, 0.3) is 0 Å².